The van der Waals surface area contributed by atoms with Crippen LogP contribution in [0.4, 0.5) is 0 Å². The van der Waals surface area contributed by atoms with Gasteiger partial charge in [0.2, 0.25) is 0 Å². The Morgan fingerprint density at radius 3 is 2.44 bits per heavy atom. The first-order valence-corrected chi connectivity index (χ1v) is 7.08. The Hall–Kier alpha value is -1.28. The molecule has 0 aliphatic rings. The Kier molecular flexibility index (Phi) is 3.76. The van der Waals surface area contributed by atoms with Crippen LogP contribution in [-0.2, 0) is 0 Å². The minimum absolute atomic E-state index is 1.31. The normalized spacial score (nSPS) is 12.2. The molecule has 3 rings (SSSR count). The number of halogens is 1. The molecule has 0 amide bonds. The molecular formula is C11H11ClNO4S+. The smallest absolute Gasteiger partial charge is 0.157 e. The van der Waals surface area contributed by atoms with Crippen LogP contribution < -0.4 is 9.06 Å². The molecule has 2 heterocycles. The molecule has 7 heteroatoms. The van der Waals surface area contributed by atoms with Crippen molar-refractivity contribution < 1.29 is 33.3 Å². The van der Waals surface area contributed by atoms with E-state index in [1.54, 1.807) is 11.3 Å². The first-order chi connectivity index (χ1) is 8.45. The van der Waals surface area contributed by atoms with E-state index in [0.717, 1.165) is 0 Å². The monoisotopic (exact) mass is 288 g/mol. The van der Waals surface area contributed by atoms with Crippen LogP contribution in [0.3, 0.4) is 0 Å². The Labute approximate surface area is 109 Å². The molecule has 0 aliphatic carbocycles. The number of rotatable bonds is 0. The molecule has 1 aromatic carbocycles. The third-order valence-corrected chi connectivity index (χ3v) is 3.15. The Bertz CT molecular complexity index is 658. The summed E-state index contributed by atoms with van der Waals surface area (Å²) in [6, 6.07) is 10.6. The molecule has 0 saturated carbocycles. The van der Waals surface area contributed by atoms with Gasteiger partial charge in [0.25, 0.3) is 4.83 Å². The van der Waals surface area contributed by atoms with Gasteiger partial charge in [0, 0.05) is 6.07 Å². The van der Waals surface area contributed by atoms with E-state index in [1.165, 1.54) is 15.6 Å². The van der Waals surface area contributed by atoms with Crippen molar-refractivity contribution in [3.05, 3.63) is 48.1 Å². The van der Waals surface area contributed by atoms with Gasteiger partial charge in [-0.2, -0.15) is 4.40 Å². The van der Waals surface area contributed by atoms with Crippen molar-refractivity contribution >= 4 is 26.9 Å². The summed E-state index contributed by atoms with van der Waals surface area (Å²) in [5.74, 6) is 0. The fourth-order valence-corrected chi connectivity index (χ4v) is 2.48. The number of pyridine rings is 1. The summed E-state index contributed by atoms with van der Waals surface area (Å²) in [6.45, 7) is 0. The van der Waals surface area contributed by atoms with Crippen molar-refractivity contribution in [1.29, 1.82) is 0 Å². The van der Waals surface area contributed by atoms with Crippen molar-refractivity contribution in [3.8, 4) is 0 Å². The molecule has 0 spiro atoms. The maximum atomic E-state index is 8.83. The summed E-state index contributed by atoms with van der Waals surface area (Å²) < 4.78 is 32.4. The molecular weight excluding hydrogens is 278 g/mol. The summed E-state index contributed by atoms with van der Waals surface area (Å²) in [4.78, 5) is 1.32. The van der Waals surface area contributed by atoms with Crippen LogP contribution in [0.15, 0.2) is 48.1 Å². The molecule has 0 saturated heterocycles. The van der Waals surface area contributed by atoms with Gasteiger partial charge in [0.1, 0.15) is 0 Å². The van der Waals surface area contributed by atoms with Gasteiger partial charge >= 0.3 is 28.9 Å². The number of hydrogen-bond donors (Lipinski definition) is 3. The van der Waals surface area contributed by atoms with Crippen molar-refractivity contribution in [1.82, 2.24) is 0 Å². The molecule has 3 N–H and O–H groups in total. The van der Waals surface area contributed by atoms with E-state index in [0.29, 0.717) is 0 Å². The molecule has 2 aromatic heterocycles. The van der Waals surface area contributed by atoms with Gasteiger partial charge in [-0.1, -0.05) is 29.5 Å². The van der Waals surface area contributed by atoms with Crippen LogP contribution in [0.2, 0.25) is 0 Å². The maximum absolute atomic E-state index is 8.83. The minimum atomic E-state index is -4.19. The van der Waals surface area contributed by atoms with Gasteiger partial charge in [0.15, 0.2) is 12.4 Å². The topological polar surface area (TPSA) is 87.8 Å². The zero-order valence-electron chi connectivity index (χ0n) is 9.10. The average Bonchev–Trinajstić information content (AvgIpc) is 2.75. The van der Waals surface area contributed by atoms with Crippen molar-refractivity contribution in [2.45, 2.75) is 0 Å². The van der Waals surface area contributed by atoms with Crippen molar-refractivity contribution in [3.63, 3.8) is 0 Å². The third-order valence-electron chi connectivity index (χ3n) is 2.24. The van der Waals surface area contributed by atoms with E-state index in [1.807, 2.05) is 0 Å². The molecule has 0 aliphatic heterocycles. The van der Waals surface area contributed by atoms with Crippen molar-refractivity contribution in [2.75, 3.05) is 0 Å². The fraction of sp³-hybridized carbons (Fsp3) is 0. The van der Waals surface area contributed by atoms with E-state index in [-0.39, 0.29) is 0 Å². The summed E-state index contributed by atoms with van der Waals surface area (Å²) in [5.41, 5.74) is 0. The molecule has 0 fully saturated rings. The van der Waals surface area contributed by atoms with E-state index < -0.39 is 10.2 Å². The van der Waals surface area contributed by atoms with E-state index in [4.69, 9.17) is 18.6 Å². The average molecular weight is 289 g/mol. The molecule has 3 aromatic rings. The number of aromatic nitrogens is 1. The Morgan fingerprint density at radius 2 is 1.72 bits per heavy atom. The Morgan fingerprint density at radius 1 is 1.06 bits per heavy atom. The van der Waals surface area contributed by atoms with Crippen LogP contribution in [0, 0.1) is 10.2 Å². The quantitative estimate of drug-likeness (QED) is 0.499. The van der Waals surface area contributed by atoms with Crippen LogP contribution in [-0.4, -0.2) is 14.0 Å². The SMILES string of the molecule is [O-][Cl+](O)(O)O.c1ccc2c(c1)cc[n+]1ccsc21. The van der Waals surface area contributed by atoms with Crippen molar-refractivity contribution in [2.24, 2.45) is 0 Å². The van der Waals surface area contributed by atoms with Gasteiger partial charge in [-0.3, -0.25) is 0 Å². The number of thiazole rings is 1. The number of hydrogen-bond acceptors (Lipinski definition) is 5. The van der Waals surface area contributed by atoms with E-state index >= 15 is 0 Å². The molecule has 0 bridgehead atoms. The first-order valence-electron chi connectivity index (χ1n) is 4.87. The van der Waals surface area contributed by atoms with Gasteiger partial charge in [-0.25, -0.2) is 0 Å². The zero-order valence-corrected chi connectivity index (χ0v) is 10.7. The molecule has 96 valence electrons. The van der Waals surface area contributed by atoms with E-state index in [9.17, 15) is 0 Å². The molecule has 0 radical (unpaired) electrons. The summed E-state index contributed by atoms with van der Waals surface area (Å²) in [6.07, 6.45) is 4.20. The zero-order chi connectivity index (χ0) is 13.2. The summed E-state index contributed by atoms with van der Waals surface area (Å²) in [7, 11) is -4.19. The second kappa shape index (κ2) is 5.15. The first kappa shape index (κ1) is 13.2. The van der Waals surface area contributed by atoms with Crippen LogP contribution in [0.5, 0.6) is 0 Å². The van der Waals surface area contributed by atoms with Gasteiger partial charge in [-0.15, -0.1) is 0 Å². The minimum Gasteiger partial charge on any atom is -0.157 e. The molecule has 5 nitrogen and oxygen atoms in total. The Balaban J connectivity index is 0.000000209. The van der Waals surface area contributed by atoms with Gasteiger partial charge < -0.3 is 0 Å². The predicted molar refractivity (Wildman–Crippen MR) is 61.6 cm³/mol. The largest absolute Gasteiger partial charge is 0.274 e. The number of nitrogens with zero attached hydrogens (tertiary/aromatic N) is 1. The molecule has 0 unspecified atom stereocenters. The summed E-state index contributed by atoms with van der Waals surface area (Å²) in [5, 5.41) is 4.76. The number of benzene rings is 1. The van der Waals surface area contributed by atoms with Crippen LogP contribution in [0.25, 0.3) is 15.6 Å². The molecule has 18 heavy (non-hydrogen) atoms. The summed E-state index contributed by atoms with van der Waals surface area (Å²) >= 11 is 1.78. The molecule has 0 atom stereocenters. The van der Waals surface area contributed by atoms with Gasteiger partial charge in [0.05, 0.1) is 10.8 Å². The third kappa shape index (κ3) is 3.36. The number of fused-ring (bicyclic) bond motifs is 3. The fourth-order valence-electron chi connectivity index (χ4n) is 1.61. The van der Waals surface area contributed by atoms with Crippen LogP contribution in [0.1, 0.15) is 0 Å². The van der Waals surface area contributed by atoms with Gasteiger partial charge in [-0.05, 0) is 11.5 Å². The maximum Gasteiger partial charge on any atom is 0.274 e. The van der Waals surface area contributed by atoms with E-state index in [2.05, 4.69) is 52.5 Å². The standard InChI is InChI=1S/C11H8NS.ClH3O4/c1-2-4-10-9(3-1)5-6-12-7-8-13-11(10)12;2-1(3,4)5/h1-8H;2-4H/q+1;. The van der Waals surface area contributed by atoms with Crippen LogP contribution >= 0.6 is 11.3 Å². The second-order valence-electron chi connectivity index (χ2n) is 3.45. The predicted octanol–water partition coefficient (Wildman–Crippen LogP) is -0.220. The second-order valence-corrected chi connectivity index (χ2v) is 5.21.